The van der Waals surface area contributed by atoms with Crippen LogP contribution in [-0.2, 0) is 0 Å². The predicted molar refractivity (Wildman–Crippen MR) is 62.2 cm³/mol. The second kappa shape index (κ2) is 5.70. The molecule has 72 valence electrons. The lowest BCUT2D eigenvalue weighted by Crippen LogP contribution is -1.77. The molecular weight excluding hydrogens is 265 g/mol. The molecule has 0 N–H and O–H groups in total. The van der Waals surface area contributed by atoms with Crippen molar-refractivity contribution in [2.75, 3.05) is 6.54 Å². The zero-order valence-electron chi connectivity index (χ0n) is 7.19. The van der Waals surface area contributed by atoms with Crippen LogP contribution in [0.3, 0.4) is 0 Å². The Morgan fingerprint density at radius 2 is 2.36 bits per heavy atom. The third-order valence-electron chi connectivity index (χ3n) is 1.53. The maximum absolute atomic E-state index is 8.06. The summed E-state index contributed by atoms with van der Waals surface area (Å²) in [5.74, 6) is 0. The largest absolute Gasteiger partial charge is 0.0899 e. The Morgan fingerprint density at radius 1 is 1.57 bits per heavy atom. The molecule has 0 atom stereocenters. The van der Waals surface area contributed by atoms with E-state index in [0.717, 1.165) is 10.0 Å². The second-order valence-corrected chi connectivity index (χ2v) is 3.66. The topological polar surface area (TPSA) is 48.8 Å². The quantitative estimate of drug-likeness (QED) is 0.444. The highest BCUT2D eigenvalue weighted by molar-refractivity contribution is 9.10. The molecule has 14 heavy (non-hydrogen) atoms. The summed E-state index contributed by atoms with van der Waals surface area (Å²) in [5.41, 5.74) is 9.02. The van der Waals surface area contributed by atoms with E-state index in [1.165, 1.54) is 0 Å². The minimum atomic E-state index is 0.343. The van der Waals surface area contributed by atoms with Crippen LogP contribution in [0.2, 0.25) is 5.02 Å². The van der Waals surface area contributed by atoms with Crippen LogP contribution in [0.5, 0.6) is 0 Å². The van der Waals surface area contributed by atoms with Gasteiger partial charge in [-0.3, -0.25) is 0 Å². The maximum Gasteiger partial charge on any atom is 0.0554 e. The molecule has 1 aromatic carbocycles. The molecule has 0 aliphatic heterocycles. The van der Waals surface area contributed by atoms with Gasteiger partial charge in [-0.05, 0) is 33.1 Å². The van der Waals surface area contributed by atoms with E-state index in [9.17, 15) is 0 Å². The molecule has 0 bridgehead atoms. The van der Waals surface area contributed by atoms with E-state index in [-0.39, 0.29) is 0 Å². The van der Waals surface area contributed by atoms with Gasteiger partial charge in [0, 0.05) is 15.9 Å². The van der Waals surface area contributed by atoms with Crippen molar-refractivity contribution in [3.05, 3.63) is 49.8 Å². The zero-order chi connectivity index (χ0) is 10.4. The first-order valence-electron chi connectivity index (χ1n) is 3.87. The smallest absolute Gasteiger partial charge is 0.0554 e. The Kier molecular flexibility index (Phi) is 4.53. The fourth-order valence-corrected chi connectivity index (χ4v) is 1.49. The molecule has 0 aromatic heterocycles. The highest BCUT2D eigenvalue weighted by atomic mass is 79.9. The number of hydrogen-bond donors (Lipinski definition) is 0. The van der Waals surface area contributed by atoms with Crippen LogP contribution < -0.4 is 0 Å². The molecule has 0 saturated heterocycles. The van der Waals surface area contributed by atoms with Gasteiger partial charge in [0.15, 0.2) is 0 Å². The van der Waals surface area contributed by atoms with E-state index in [0.29, 0.717) is 11.6 Å². The summed E-state index contributed by atoms with van der Waals surface area (Å²) in [6.45, 7) is 0.343. The monoisotopic (exact) mass is 271 g/mol. The van der Waals surface area contributed by atoms with Crippen molar-refractivity contribution in [3.63, 3.8) is 0 Å². The fourth-order valence-electron chi connectivity index (χ4n) is 0.913. The SMILES string of the molecule is [N-]=[N+]=NCC=Cc1cccc(Cl)c1Br. The molecule has 3 nitrogen and oxygen atoms in total. The summed E-state index contributed by atoms with van der Waals surface area (Å²) in [7, 11) is 0. The van der Waals surface area contributed by atoms with Gasteiger partial charge in [-0.25, -0.2) is 0 Å². The molecule has 0 radical (unpaired) electrons. The molecule has 0 spiro atoms. The third-order valence-corrected chi connectivity index (χ3v) is 2.96. The van der Waals surface area contributed by atoms with Crippen molar-refractivity contribution in [1.82, 2.24) is 0 Å². The number of benzene rings is 1. The van der Waals surface area contributed by atoms with Crippen molar-refractivity contribution in [1.29, 1.82) is 0 Å². The Balaban J connectivity index is 2.81. The highest BCUT2D eigenvalue weighted by Crippen LogP contribution is 2.26. The Labute approximate surface area is 95.1 Å². The Hall–Kier alpha value is -0.960. The van der Waals surface area contributed by atoms with E-state index < -0.39 is 0 Å². The normalized spacial score (nSPS) is 10.1. The molecule has 0 aliphatic carbocycles. The summed E-state index contributed by atoms with van der Waals surface area (Å²) in [4.78, 5) is 2.64. The van der Waals surface area contributed by atoms with Gasteiger partial charge < -0.3 is 0 Å². The Bertz CT molecular complexity index is 397. The number of azide groups is 1. The number of nitrogens with zero attached hydrogens (tertiary/aromatic N) is 3. The van der Waals surface area contributed by atoms with Crippen LogP contribution in [0.15, 0.2) is 33.9 Å². The van der Waals surface area contributed by atoms with Crippen molar-refractivity contribution in [2.45, 2.75) is 0 Å². The average Bonchev–Trinajstić information content (AvgIpc) is 2.19. The lowest BCUT2D eigenvalue weighted by molar-refractivity contribution is 1.22. The molecule has 0 unspecified atom stereocenters. The van der Waals surface area contributed by atoms with Crippen molar-refractivity contribution < 1.29 is 0 Å². The number of halogens is 2. The van der Waals surface area contributed by atoms with Gasteiger partial charge in [0.05, 0.1) is 5.02 Å². The molecule has 0 amide bonds. The summed E-state index contributed by atoms with van der Waals surface area (Å²) in [6, 6.07) is 5.58. The predicted octanol–water partition coefficient (Wildman–Crippen LogP) is 4.43. The molecule has 1 aromatic rings. The highest BCUT2D eigenvalue weighted by Gasteiger charge is 1.98. The third kappa shape index (κ3) is 3.07. The number of hydrogen-bond acceptors (Lipinski definition) is 1. The van der Waals surface area contributed by atoms with Gasteiger partial charge in [0.25, 0.3) is 0 Å². The van der Waals surface area contributed by atoms with E-state index in [2.05, 4.69) is 26.0 Å². The minimum Gasteiger partial charge on any atom is -0.0899 e. The summed E-state index contributed by atoms with van der Waals surface area (Å²) in [6.07, 6.45) is 3.63. The number of rotatable bonds is 3. The van der Waals surface area contributed by atoms with E-state index in [1.54, 1.807) is 12.1 Å². The van der Waals surface area contributed by atoms with Crippen LogP contribution >= 0.6 is 27.5 Å². The first-order valence-corrected chi connectivity index (χ1v) is 5.04. The lowest BCUT2D eigenvalue weighted by atomic mass is 10.2. The van der Waals surface area contributed by atoms with Crippen LogP contribution in [-0.4, -0.2) is 6.54 Å². The fraction of sp³-hybridized carbons (Fsp3) is 0.111. The summed E-state index contributed by atoms with van der Waals surface area (Å²) >= 11 is 9.25. The molecule has 1 rings (SSSR count). The van der Waals surface area contributed by atoms with Crippen molar-refractivity contribution in [2.24, 2.45) is 5.11 Å². The first-order chi connectivity index (χ1) is 6.75. The lowest BCUT2D eigenvalue weighted by Gasteiger charge is -1.99. The van der Waals surface area contributed by atoms with Gasteiger partial charge in [0.1, 0.15) is 0 Å². The van der Waals surface area contributed by atoms with Gasteiger partial charge in [0.2, 0.25) is 0 Å². The molecular formula is C9H7BrClN3. The first kappa shape index (κ1) is 11.1. The molecule has 0 saturated carbocycles. The van der Waals surface area contributed by atoms with E-state index in [4.69, 9.17) is 17.1 Å². The molecule has 0 heterocycles. The van der Waals surface area contributed by atoms with Gasteiger partial charge in [-0.2, -0.15) is 0 Å². The average molecular weight is 273 g/mol. The van der Waals surface area contributed by atoms with Gasteiger partial charge >= 0.3 is 0 Å². The van der Waals surface area contributed by atoms with Crippen molar-refractivity contribution in [3.8, 4) is 0 Å². The van der Waals surface area contributed by atoms with Gasteiger partial charge in [-0.1, -0.05) is 41.0 Å². The van der Waals surface area contributed by atoms with Crippen LogP contribution in [0.25, 0.3) is 16.5 Å². The van der Waals surface area contributed by atoms with E-state index >= 15 is 0 Å². The minimum absolute atomic E-state index is 0.343. The summed E-state index contributed by atoms with van der Waals surface area (Å²) in [5, 5.41) is 4.05. The van der Waals surface area contributed by atoms with Crippen molar-refractivity contribution >= 4 is 33.6 Å². The Morgan fingerprint density at radius 3 is 3.07 bits per heavy atom. The summed E-state index contributed by atoms with van der Waals surface area (Å²) < 4.78 is 0.846. The van der Waals surface area contributed by atoms with Gasteiger partial charge in [-0.15, -0.1) is 0 Å². The van der Waals surface area contributed by atoms with Crippen LogP contribution in [0.1, 0.15) is 5.56 Å². The zero-order valence-corrected chi connectivity index (χ0v) is 9.53. The molecule has 0 aliphatic rings. The standard InChI is InChI=1S/C9H7BrClN3/c10-9-7(3-1-5-8(9)11)4-2-6-13-14-12/h1-5H,6H2. The molecule has 5 heteroatoms. The second-order valence-electron chi connectivity index (χ2n) is 2.46. The maximum atomic E-state index is 8.06. The molecule has 0 fully saturated rings. The van der Waals surface area contributed by atoms with E-state index in [1.807, 2.05) is 18.2 Å². The van der Waals surface area contributed by atoms with Crippen LogP contribution in [0, 0.1) is 0 Å². The van der Waals surface area contributed by atoms with Crippen LogP contribution in [0.4, 0.5) is 0 Å².